The van der Waals surface area contributed by atoms with Crippen LogP contribution in [0.3, 0.4) is 0 Å². The molecule has 0 spiro atoms. The van der Waals surface area contributed by atoms with E-state index in [2.05, 4.69) is 65.0 Å². The molecule has 0 saturated carbocycles. The van der Waals surface area contributed by atoms with E-state index in [1.807, 2.05) is 0 Å². The van der Waals surface area contributed by atoms with Gasteiger partial charge in [0.25, 0.3) is 0 Å². The van der Waals surface area contributed by atoms with Crippen LogP contribution in [-0.4, -0.2) is 29.9 Å². The van der Waals surface area contributed by atoms with Gasteiger partial charge in [0.15, 0.2) is 11.5 Å². The number of rotatable bonds is 2. The number of benzene rings is 1. The topological polar surface area (TPSA) is 75.5 Å². The van der Waals surface area contributed by atoms with Crippen molar-refractivity contribution in [1.82, 2.24) is 0 Å². The van der Waals surface area contributed by atoms with Crippen LogP contribution in [0, 0.1) is 0 Å². The summed E-state index contributed by atoms with van der Waals surface area (Å²) in [7, 11) is 0. The summed E-state index contributed by atoms with van der Waals surface area (Å²) in [6.07, 6.45) is 3.53. The molecule has 0 bridgehead atoms. The van der Waals surface area contributed by atoms with Gasteiger partial charge in [0.2, 0.25) is 0 Å². The zero-order valence-electron chi connectivity index (χ0n) is 12.5. The summed E-state index contributed by atoms with van der Waals surface area (Å²) in [5.41, 5.74) is 8.74. The second kappa shape index (κ2) is 4.70. The van der Waals surface area contributed by atoms with Crippen molar-refractivity contribution in [2.24, 2.45) is 25.7 Å². The molecule has 2 N–H and O–H groups in total. The Kier molecular flexibility index (Phi) is 3.10. The Morgan fingerprint density at radius 3 is 2.43 bits per heavy atom. The summed E-state index contributed by atoms with van der Waals surface area (Å²) in [6, 6.07) is 8.50. The third-order valence-corrected chi connectivity index (χ3v) is 3.75. The number of nitrogens with zero attached hydrogens (tertiary/aromatic N) is 4. The maximum Gasteiger partial charge on any atom is 0.180 e. The van der Waals surface area contributed by atoms with E-state index in [-0.39, 0.29) is 5.41 Å². The molecule has 2 heterocycles. The summed E-state index contributed by atoms with van der Waals surface area (Å²) in [5.74, 6) is 0.568. The van der Waals surface area contributed by atoms with E-state index in [1.54, 1.807) is 0 Å². The molecule has 5 nitrogen and oxygen atoms in total. The van der Waals surface area contributed by atoms with E-state index >= 15 is 0 Å². The summed E-state index contributed by atoms with van der Waals surface area (Å²) in [5, 5.41) is 0. The molecule has 0 aromatic heterocycles. The van der Waals surface area contributed by atoms with Crippen LogP contribution in [0.15, 0.2) is 44.2 Å². The molecule has 0 fully saturated rings. The molecule has 108 valence electrons. The highest BCUT2D eigenvalue weighted by Gasteiger charge is 2.37. The number of hydrogen-bond acceptors (Lipinski definition) is 5. The van der Waals surface area contributed by atoms with Crippen molar-refractivity contribution in [2.75, 3.05) is 0 Å². The summed E-state index contributed by atoms with van der Waals surface area (Å²) in [4.78, 5) is 16.7. The van der Waals surface area contributed by atoms with Crippen molar-refractivity contribution >= 4 is 24.2 Å². The Morgan fingerprint density at radius 1 is 1.05 bits per heavy atom. The average molecular weight is 281 g/mol. The fourth-order valence-corrected chi connectivity index (χ4v) is 2.47. The summed E-state index contributed by atoms with van der Waals surface area (Å²) < 4.78 is 0. The van der Waals surface area contributed by atoms with E-state index in [0.717, 1.165) is 5.56 Å². The first-order chi connectivity index (χ1) is 9.88. The monoisotopic (exact) mass is 281 g/mol. The minimum atomic E-state index is -0.878. The predicted octanol–water partition coefficient (Wildman–Crippen LogP) is 2.10. The van der Waals surface area contributed by atoms with Crippen LogP contribution in [0.5, 0.6) is 0 Å². The van der Waals surface area contributed by atoms with E-state index in [1.165, 1.54) is 18.2 Å². The van der Waals surface area contributed by atoms with Gasteiger partial charge in [0.05, 0.1) is 0 Å². The minimum absolute atomic E-state index is 0.144. The van der Waals surface area contributed by atoms with Gasteiger partial charge in [-0.3, -0.25) is 0 Å². The van der Waals surface area contributed by atoms with Gasteiger partial charge in [-0.15, -0.1) is 0 Å². The van der Waals surface area contributed by atoms with Crippen molar-refractivity contribution in [1.29, 1.82) is 0 Å². The van der Waals surface area contributed by atoms with Crippen LogP contribution in [0.25, 0.3) is 0 Å². The lowest BCUT2D eigenvalue weighted by Gasteiger charge is -2.27. The molecule has 21 heavy (non-hydrogen) atoms. The van der Waals surface area contributed by atoms with Crippen molar-refractivity contribution in [3.63, 3.8) is 0 Å². The second-order valence-electron chi connectivity index (χ2n) is 6.47. The number of nitrogens with two attached hydrogens (primary N) is 1. The van der Waals surface area contributed by atoms with Gasteiger partial charge in [-0.05, 0) is 16.5 Å². The second-order valence-corrected chi connectivity index (χ2v) is 6.47. The third-order valence-electron chi connectivity index (χ3n) is 3.75. The lowest BCUT2D eigenvalue weighted by Crippen LogP contribution is -2.52. The predicted molar refractivity (Wildman–Crippen MR) is 87.6 cm³/mol. The van der Waals surface area contributed by atoms with E-state index < -0.39 is 5.66 Å². The Bertz CT molecular complexity index is 674. The highest BCUT2D eigenvalue weighted by Crippen LogP contribution is 2.25. The fourth-order valence-electron chi connectivity index (χ4n) is 2.47. The molecule has 0 radical (unpaired) electrons. The molecular formula is C16H19N5. The van der Waals surface area contributed by atoms with Gasteiger partial charge in [-0.1, -0.05) is 45.0 Å². The van der Waals surface area contributed by atoms with Gasteiger partial charge in [-0.25, -0.2) is 20.0 Å². The van der Waals surface area contributed by atoms with Crippen molar-refractivity contribution in [3.8, 4) is 0 Å². The SMILES string of the molecule is CC(C)(C)c1ccc(CC2(N)N=CN=C3N=CN=C32)cc1. The molecule has 2 aliphatic heterocycles. The largest absolute Gasteiger partial charge is 0.302 e. The maximum atomic E-state index is 6.41. The smallest absolute Gasteiger partial charge is 0.180 e. The zero-order chi connectivity index (χ0) is 15.1. The summed E-state index contributed by atoms with van der Waals surface area (Å²) in [6.45, 7) is 6.60. The molecule has 1 unspecified atom stereocenters. The molecule has 5 heteroatoms. The van der Waals surface area contributed by atoms with Crippen molar-refractivity contribution in [3.05, 3.63) is 35.4 Å². The molecule has 0 saturated heterocycles. The third kappa shape index (κ3) is 2.56. The van der Waals surface area contributed by atoms with Crippen molar-refractivity contribution < 1.29 is 0 Å². The van der Waals surface area contributed by atoms with Gasteiger partial charge in [-0.2, -0.15) is 0 Å². The first kappa shape index (κ1) is 13.8. The Hall–Kier alpha value is -2.14. The van der Waals surface area contributed by atoms with Crippen LogP contribution in [-0.2, 0) is 11.8 Å². The molecule has 1 atom stereocenters. The maximum absolute atomic E-state index is 6.41. The highest BCUT2D eigenvalue weighted by atomic mass is 15.2. The first-order valence-electron chi connectivity index (χ1n) is 6.99. The van der Waals surface area contributed by atoms with Crippen LogP contribution >= 0.6 is 0 Å². The Balaban J connectivity index is 1.84. The number of aliphatic imine (C=N–C) groups is 4. The molecule has 0 aliphatic carbocycles. The van der Waals surface area contributed by atoms with E-state index in [4.69, 9.17) is 5.73 Å². The molecule has 0 amide bonds. The number of amidine groups is 1. The average Bonchev–Trinajstić information content (AvgIpc) is 2.88. The van der Waals surface area contributed by atoms with Gasteiger partial charge in [0.1, 0.15) is 18.4 Å². The van der Waals surface area contributed by atoms with Gasteiger partial charge in [0, 0.05) is 6.42 Å². The van der Waals surface area contributed by atoms with Crippen LogP contribution in [0.1, 0.15) is 31.9 Å². The van der Waals surface area contributed by atoms with E-state index in [0.29, 0.717) is 18.0 Å². The molecule has 3 rings (SSSR count). The molecule has 2 aliphatic rings. The lowest BCUT2D eigenvalue weighted by atomic mass is 9.85. The summed E-state index contributed by atoms with van der Waals surface area (Å²) >= 11 is 0. The van der Waals surface area contributed by atoms with Crippen LogP contribution in [0.4, 0.5) is 0 Å². The highest BCUT2D eigenvalue weighted by molar-refractivity contribution is 6.50. The first-order valence-corrected chi connectivity index (χ1v) is 6.99. The zero-order valence-corrected chi connectivity index (χ0v) is 12.5. The minimum Gasteiger partial charge on any atom is -0.302 e. The number of hydrogen-bond donors (Lipinski definition) is 1. The van der Waals surface area contributed by atoms with Crippen LogP contribution in [0.2, 0.25) is 0 Å². The normalized spacial score (nSPS) is 23.8. The quantitative estimate of drug-likeness (QED) is 0.885. The van der Waals surface area contributed by atoms with E-state index in [9.17, 15) is 0 Å². The molecule has 1 aromatic rings. The van der Waals surface area contributed by atoms with Gasteiger partial charge >= 0.3 is 0 Å². The Labute approximate surface area is 124 Å². The standard InChI is InChI=1S/C16H19N5/c1-15(2,3)12-6-4-11(5-7-12)8-16(17)13-14(19-9-18-13)20-10-21-16/h4-7,9-10H,8,17H2,1-3H3. The van der Waals surface area contributed by atoms with Gasteiger partial charge < -0.3 is 5.73 Å². The molecule has 1 aromatic carbocycles. The Morgan fingerprint density at radius 2 is 1.76 bits per heavy atom. The van der Waals surface area contributed by atoms with Crippen LogP contribution < -0.4 is 5.73 Å². The number of fused-ring (bicyclic) bond motifs is 1. The lowest BCUT2D eigenvalue weighted by molar-refractivity contribution is 0.585. The fraction of sp³-hybridized carbons (Fsp3) is 0.375. The molecular weight excluding hydrogens is 262 g/mol. The van der Waals surface area contributed by atoms with Crippen molar-refractivity contribution in [2.45, 2.75) is 38.3 Å².